The highest BCUT2D eigenvalue weighted by atomic mass is 16.5. The summed E-state index contributed by atoms with van der Waals surface area (Å²) >= 11 is 0. The maximum absolute atomic E-state index is 12.4. The van der Waals surface area contributed by atoms with E-state index in [2.05, 4.69) is 22.8 Å². The van der Waals surface area contributed by atoms with Crippen LogP contribution in [-0.2, 0) is 14.3 Å². The Balaban J connectivity index is 1.57. The molecule has 0 spiro atoms. The molecule has 0 saturated heterocycles. The number of ether oxygens (including phenoxy) is 1. The number of aliphatic carboxylic acids is 1. The van der Waals surface area contributed by atoms with Gasteiger partial charge in [-0.25, -0.2) is 9.59 Å². The van der Waals surface area contributed by atoms with Crippen molar-refractivity contribution in [1.82, 2.24) is 10.6 Å². The molecule has 0 aliphatic heterocycles. The van der Waals surface area contributed by atoms with Gasteiger partial charge in [-0.15, -0.1) is 0 Å². The molecule has 2 aromatic carbocycles. The van der Waals surface area contributed by atoms with Crippen LogP contribution in [0.3, 0.4) is 0 Å². The van der Waals surface area contributed by atoms with E-state index in [1.54, 1.807) is 0 Å². The van der Waals surface area contributed by atoms with Gasteiger partial charge in [-0.3, -0.25) is 4.79 Å². The maximum atomic E-state index is 12.4. The fraction of sp³-hybridized carbons (Fsp3) is 0.400. The molecule has 0 radical (unpaired) electrons. The Labute approximate surface area is 188 Å². The fourth-order valence-electron chi connectivity index (χ4n) is 3.97. The molecule has 2 amide bonds. The van der Waals surface area contributed by atoms with Gasteiger partial charge in [0, 0.05) is 5.92 Å². The van der Waals surface area contributed by atoms with E-state index >= 15 is 0 Å². The second-order valence-corrected chi connectivity index (χ2v) is 8.34. The number of fused-ring (bicyclic) bond motifs is 3. The van der Waals surface area contributed by atoms with Crippen LogP contribution in [0.25, 0.3) is 11.1 Å². The van der Waals surface area contributed by atoms with Crippen LogP contribution in [0.15, 0.2) is 48.5 Å². The van der Waals surface area contributed by atoms with E-state index in [0.29, 0.717) is 6.42 Å². The van der Waals surface area contributed by atoms with Crippen molar-refractivity contribution in [3.8, 4) is 11.1 Å². The molecule has 3 atom stereocenters. The molecule has 3 unspecified atom stereocenters. The summed E-state index contributed by atoms with van der Waals surface area (Å²) in [7, 11) is 0. The molecule has 1 aliphatic rings. The normalized spacial score (nSPS) is 15.1. The minimum Gasteiger partial charge on any atom is -0.480 e. The number of hydrogen-bond donors (Lipinski definition) is 3. The second kappa shape index (κ2) is 10.3. The lowest BCUT2D eigenvalue weighted by molar-refractivity contribution is -0.142. The average molecular weight is 439 g/mol. The zero-order valence-electron chi connectivity index (χ0n) is 18.6. The Kier molecular flexibility index (Phi) is 7.51. The van der Waals surface area contributed by atoms with Gasteiger partial charge >= 0.3 is 12.1 Å². The Morgan fingerprint density at radius 1 is 0.969 bits per heavy atom. The highest BCUT2D eigenvalue weighted by Crippen LogP contribution is 2.44. The van der Waals surface area contributed by atoms with Crippen LogP contribution in [0.5, 0.6) is 0 Å². The summed E-state index contributed by atoms with van der Waals surface area (Å²) in [5.41, 5.74) is 4.46. The first-order valence-corrected chi connectivity index (χ1v) is 11.0. The van der Waals surface area contributed by atoms with Gasteiger partial charge < -0.3 is 20.5 Å². The lowest BCUT2D eigenvalue weighted by atomic mass is 9.98. The van der Waals surface area contributed by atoms with Crippen LogP contribution in [0.4, 0.5) is 4.79 Å². The van der Waals surface area contributed by atoms with E-state index in [0.717, 1.165) is 28.7 Å². The van der Waals surface area contributed by atoms with E-state index in [9.17, 15) is 19.5 Å². The molecule has 32 heavy (non-hydrogen) atoms. The third-order valence-electron chi connectivity index (χ3n) is 6.02. The highest BCUT2D eigenvalue weighted by Gasteiger charge is 2.30. The van der Waals surface area contributed by atoms with E-state index in [4.69, 9.17) is 4.74 Å². The first-order valence-electron chi connectivity index (χ1n) is 11.0. The molecule has 7 heteroatoms. The number of alkyl carbamates (subject to hydrolysis) is 1. The summed E-state index contributed by atoms with van der Waals surface area (Å²) in [6.45, 7) is 5.53. The van der Waals surface area contributed by atoms with Gasteiger partial charge in [0.05, 0.1) is 0 Å². The Bertz CT molecular complexity index is 944. The molecule has 3 N–H and O–H groups in total. The number of carbonyl (C=O) groups is 3. The van der Waals surface area contributed by atoms with Crippen molar-refractivity contribution < 1.29 is 24.2 Å². The molecular formula is C25H30N2O5. The van der Waals surface area contributed by atoms with Gasteiger partial charge in [0.2, 0.25) is 5.91 Å². The Hall–Kier alpha value is -3.35. The number of carboxylic acid groups (broad SMARTS) is 1. The lowest BCUT2D eigenvalue weighted by Crippen LogP contribution is -2.50. The van der Waals surface area contributed by atoms with Gasteiger partial charge in [-0.05, 0) is 41.5 Å². The average Bonchev–Trinajstić information content (AvgIpc) is 3.10. The monoisotopic (exact) mass is 438 g/mol. The Morgan fingerprint density at radius 3 is 2.06 bits per heavy atom. The minimum absolute atomic E-state index is 0.0794. The van der Waals surface area contributed by atoms with Crippen molar-refractivity contribution in [2.45, 2.75) is 51.6 Å². The number of nitrogens with one attached hydrogen (secondary N) is 2. The minimum atomic E-state index is -1.09. The van der Waals surface area contributed by atoms with Crippen molar-refractivity contribution in [3.63, 3.8) is 0 Å². The second-order valence-electron chi connectivity index (χ2n) is 8.34. The van der Waals surface area contributed by atoms with Gasteiger partial charge in [-0.1, -0.05) is 68.8 Å². The molecular weight excluding hydrogens is 408 g/mol. The van der Waals surface area contributed by atoms with Gasteiger partial charge in [0.1, 0.15) is 18.7 Å². The molecule has 7 nitrogen and oxygen atoms in total. The third kappa shape index (κ3) is 5.28. The van der Waals surface area contributed by atoms with Gasteiger partial charge in [0.15, 0.2) is 0 Å². The Morgan fingerprint density at radius 2 is 1.53 bits per heavy atom. The molecule has 0 saturated carbocycles. The molecule has 0 aromatic heterocycles. The van der Waals surface area contributed by atoms with E-state index in [1.807, 2.05) is 50.2 Å². The first-order chi connectivity index (χ1) is 15.3. The first kappa shape index (κ1) is 23.3. The summed E-state index contributed by atoms with van der Waals surface area (Å²) in [5.74, 6) is -1.58. The van der Waals surface area contributed by atoms with Crippen LogP contribution >= 0.6 is 0 Å². The summed E-state index contributed by atoms with van der Waals surface area (Å²) < 4.78 is 5.45. The summed E-state index contributed by atoms with van der Waals surface area (Å²) in [6, 6.07) is 14.1. The van der Waals surface area contributed by atoms with Crippen molar-refractivity contribution >= 4 is 18.0 Å². The van der Waals surface area contributed by atoms with Gasteiger partial charge in [-0.2, -0.15) is 0 Å². The topological polar surface area (TPSA) is 105 Å². The zero-order chi connectivity index (χ0) is 23.3. The molecule has 3 rings (SSSR count). The van der Waals surface area contributed by atoms with E-state index in [-0.39, 0.29) is 18.4 Å². The van der Waals surface area contributed by atoms with Crippen LogP contribution in [0.2, 0.25) is 0 Å². The molecule has 170 valence electrons. The lowest BCUT2D eigenvalue weighted by Gasteiger charge is -2.21. The van der Waals surface area contributed by atoms with E-state index in [1.165, 1.54) is 6.92 Å². The van der Waals surface area contributed by atoms with Crippen molar-refractivity contribution in [2.75, 3.05) is 6.61 Å². The summed E-state index contributed by atoms with van der Waals surface area (Å²) in [4.78, 5) is 36.2. The molecule has 0 fully saturated rings. The molecule has 0 bridgehead atoms. The van der Waals surface area contributed by atoms with Gasteiger partial charge in [0.25, 0.3) is 0 Å². The number of hydrogen-bond acceptors (Lipinski definition) is 4. The summed E-state index contributed by atoms with van der Waals surface area (Å²) in [6.07, 6.45) is 0.422. The van der Waals surface area contributed by atoms with Crippen molar-refractivity contribution in [2.24, 2.45) is 5.92 Å². The van der Waals surface area contributed by atoms with Crippen molar-refractivity contribution in [3.05, 3.63) is 59.7 Å². The largest absolute Gasteiger partial charge is 0.480 e. The van der Waals surface area contributed by atoms with Crippen molar-refractivity contribution in [1.29, 1.82) is 0 Å². The number of benzene rings is 2. The number of carboxylic acids is 1. The highest BCUT2D eigenvalue weighted by molar-refractivity contribution is 5.89. The van der Waals surface area contributed by atoms with Crippen LogP contribution in [0, 0.1) is 5.92 Å². The van der Waals surface area contributed by atoms with Crippen LogP contribution in [0.1, 0.15) is 50.7 Å². The molecule has 2 aromatic rings. The quantitative estimate of drug-likeness (QED) is 0.550. The molecule has 0 heterocycles. The fourth-order valence-corrected chi connectivity index (χ4v) is 3.97. The smallest absolute Gasteiger partial charge is 0.407 e. The summed E-state index contributed by atoms with van der Waals surface area (Å²) in [5, 5.41) is 14.4. The molecule has 1 aliphatic carbocycles. The number of rotatable bonds is 9. The number of carbonyl (C=O) groups excluding carboxylic acids is 2. The standard InChI is InChI=1S/C25H30N2O5/c1-4-15(2)13-22(24(29)30)27-23(28)16(3)26-25(31)32-14-21-19-11-7-5-9-17(19)18-10-6-8-12-20(18)21/h5-12,15-16,21-22H,4,13-14H2,1-3H3,(H,26,31)(H,27,28)(H,29,30). The number of amides is 2. The van der Waals surface area contributed by atoms with Crippen LogP contribution < -0.4 is 10.6 Å². The predicted octanol–water partition coefficient (Wildman–Crippen LogP) is 3.92. The maximum Gasteiger partial charge on any atom is 0.407 e. The third-order valence-corrected chi connectivity index (χ3v) is 6.02. The predicted molar refractivity (Wildman–Crippen MR) is 121 cm³/mol. The van der Waals surface area contributed by atoms with Crippen LogP contribution in [-0.4, -0.2) is 41.8 Å². The van der Waals surface area contributed by atoms with E-state index < -0.39 is 30.1 Å². The SMILES string of the molecule is CCC(C)CC(NC(=O)C(C)NC(=O)OCC1c2ccccc2-c2ccccc21)C(=O)O. The zero-order valence-corrected chi connectivity index (χ0v) is 18.6.